The molecule has 5 rings (SSSR count). The van der Waals surface area contributed by atoms with Crippen molar-refractivity contribution in [2.24, 2.45) is 5.92 Å². The Kier molecular flexibility index (Phi) is 4.59. The van der Waals surface area contributed by atoms with E-state index < -0.39 is 0 Å². The highest BCUT2D eigenvalue weighted by molar-refractivity contribution is 5.91. The summed E-state index contributed by atoms with van der Waals surface area (Å²) in [5.74, 6) is 0.958. The van der Waals surface area contributed by atoms with Crippen LogP contribution in [0.25, 0.3) is 10.8 Å². The highest BCUT2D eigenvalue weighted by atomic mass is 16.1. The lowest BCUT2D eigenvalue weighted by Gasteiger charge is -2.38. The van der Waals surface area contributed by atoms with Gasteiger partial charge in [0.2, 0.25) is 5.91 Å². The third kappa shape index (κ3) is 3.31. The predicted octanol–water partition coefficient (Wildman–Crippen LogP) is 6.40. The molecule has 0 aromatic heterocycles. The molecule has 0 saturated heterocycles. The average Bonchev–Trinajstić information content (AvgIpc) is 3.23. The van der Waals surface area contributed by atoms with Crippen LogP contribution < -0.4 is 10.6 Å². The van der Waals surface area contributed by atoms with Gasteiger partial charge in [0, 0.05) is 23.7 Å². The number of allylic oxidation sites excluding steroid dienone is 2. The fraction of sp³-hybridized carbons (Fsp3) is 0.269. The maximum Gasteiger partial charge on any atom is 0.224 e. The molecule has 3 unspecified atom stereocenters. The molecule has 29 heavy (non-hydrogen) atoms. The Morgan fingerprint density at radius 3 is 2.79 bits per heavy atom. The average molecular weight is 383 g/mol. The number of anilines is 2. The van der Waals surface area contributed by atoms with Crippen LogP contribution in [0.3, 0.4) is 0 Å². The van der Waals surface area contributed by atoms with E-state index in [2.05, 4.69) is 77.4 Å². The van der Waals surface area contributed by atoms with E-state index in [1.807, 2.05) is 13.0 Å². The topological polar surface area (TPSA) is 41.1 Å². The quantitative estimate of drug-likeness (QED) is 0.512. The molecule has 1 aliphatic heterocycles. The van der Waals surface area contributed by atoms with Crippen molar-refractivity contribution in [2.75, 3.05) is 10.6 Å². The molecule has 146 valence electrons. The number of fused-ring (bicyclic) bond motifs is 4. The summed E-state index contributed by atoms with van der Waals surface area (Å²) < 4.78 is 0. The third-order valence-corrected chi connectivity index (χ3v) is 6.26. The van der Waals surface area contributed by atoms with Crippen LogP contribution in [-0.2, 0) is 4.79 Å². The lowest BCUT2D eigenvalue weighted by molar-refractivity contribution is -0.116. The molecule has 0 bridgehead atoms. The van der Waals surface area contributed by atoms with Crippen molar-refractivity contribution in [1.29, 1.82) is 0 Å². The monoisotopic (exact) mass is 382 g/mol. The van der Waals surface area contributed by atoms with Crippen LogP contribution in [0.1, 0.15) is 49.3 Å². The highest BCUT2D eigenvalue weighted by Crippen LogP contribution is 2.50. The second kappa shape index (κ2) is 7.40. The van der Waals surface area contributed by atoms with E-state index in [9.17, 15) is 4.79 Å². The van der Waals surface area contributed by atoms with Gasteiger partial charge < -0.3 is 10.6 Å². The SMILES string of the molecule is CCCC(=O)Nc1ccc2c(c1)C1C=CCC1C(c1ccc3ccccc3c1)N2. The van der Waals surface area contributed by atoms with Crippen molar-refractivity contribution < 1.29 is 4.79 Å². The number of hydrogen-bond donors (Lipinski definition) is 2. The van der Waals surface area contributed by atoms with Crippen molar-refractivity contribution in [3.05, 3.63) is 83.9 Å². The predicted molar refractivity (Wildman–Crippen MR) is 120 cm³/mol. The van der Waals surface area contributed by atoms with Crippen molar-refractivity contribution >= 4 is 28.1 Å². The van der Waals surface area contributed by atoms with Gasteiger partial charge in [-0.2, -0.15) is 0 Å². The number of carbonyl (C=O) groups excluding carboxylic acids is 1. The molecule has 2 aliphatic rings. The maximum atomic E-state index is 12.0. The minimum absolute atomic E-state index is 0.0868. The molecule has 3 aromatic carbocycles. The second-order valence-electron chi connectivity index (χ2n) is 8.18. The zero-order chi connectivity index (χ0) is 19.8. The Morgan fingerprint density at radius 1 is 1.07 bits per heavy atom. The highest BCUT2D eigenvalue weighted by Gasteiger charge is 2.38. The van der Waals surface area contributed by atoms with Gasteiger partial charge in [0.15, 0.2) is 0 Å². The number of carbonyl (C=O) groups is 1. The molecule has 3 heteroatoms. The van der Waals surface area contributed by atoms with Crippen molar-refractivity contribution in [2.45, 2.75) is 38.1 Å². The Bertz CT molecular complexity index is 1100. The third-order valence-electron chi connectivity index (χ3n) is 6.26. The first-order valence-electron chi connectivity index (χ1n) is 10.6. The van der Waals surface area contributed by atoms with Gasteiger partial charge in [-0.1, -0.05) is 55.5 Å². The summed E-state index contributed by atoms with van der Waals surface area (Å²) in [6.45, 7) is 2.03. The summed E-state index contributed by atoms with van der Waals surface area (Å²) >= 11 is 0. The fourth-order valence-electron chi connectivity index (χ4n) is 4.85. The summed E-state index contributed by atoms with van der Waals surface area (Å²) in [6, 6.07) is 21.9. The Balaban J connectivity index is 1.48. The van der Waals surface area contributed by atoms with Gasteiger partial charge in [-0.25, -0.2) is 0 Å². The van der Waals surface area contributed by atoms with E-state index in [4.69, 9.17) is 0 Å². The maximum absolute atomic E-state index is 12.0. The van der Waals surface area contributed by atoms with E-state index in [1.54, 1.807) is 0 Å². The standard InChI is InChI=1S/C26H26N2O/c1-2-6-25(29)27-20-13-14-24-23(16-20)21-9-5-10-22(21)26(28-24)19-12-11-17-7-3-4-8-18(17)15-19/h3-5,7-9,11-16,21-22,26,28H,2,6,10H2,1H3,(H,27,29). The van der Waals surface area contributed by atoms with Crippen LogP contribution in [0, 0.1) is 5.92 Å². The van der Waals surface area contributed by atoms with E-state index in [0.29, 0.717) is 18.3 Å². The van der Waals surface area contributed by atoms with E-state index >= 15 is 0 Å². The second-order valence-corrected chi connectivity index (χ2v) is 8.18. The summed E-state index contributed by atoms with van der Waals surface area (Å²) in [7, 11) is 0. The van der Waals surface area contributed by atoms with Gasteiger partial charge in [-0.15, -0.1) is 0 Å². The van der Waals surface area contributed by atoms with Crippen LogP contribution in [-0.4, -0.2) is 5.91 Å². The number of amides is 1. The molecule has 2 N–H and O–H groups in total. The van der Waals surface area contributed by atoms with Crippen LogP contribution in [0.5, 0.6) is 0 Å². The van der Waals surface area contributed by atoms with Crippen molar-refractivity contribution in [3.8, 4) is 0 Å². The summed E-state index contributed by atoms with van der Waals surface area (Å²) in [6.07, 6.45) is 7.14. The lowest BCUT2D eigenvalue weighted by Crippen LogP contribution is -2.29. The molecule has 0 saturated carbocycles. The molecule has 3 aromatic rings. The molecule has 3 nitrogen and oxygen atoms in total. The normalized spacial score (nSPS) is 22.0. The summed E-state index contributed by atoms with van der Waals surface area (Å²) in [5, 5.41) is 9.41. The van der Waals surface area contributed by atoms with Crippen molar-refractivity contribution in [1.82, 2.24) is 0 Å². The molecule has 1 amide bonds. The molecule has 3 atom stereocenters. The van der Waals surface area contributed by atoms with Gasteiger partial charge in [-0.3, -0.25) is 4.79 Å². The van der Waals surface area contributed by atoms with E-state index in [-0.39, 0.29) is 11.9 Å². The number of rotatable bonds is 4. The van der Waals surface area contributed by atoms with Crippen molar-refractivity contribution in [3.63, 3.8) is 0 Å². The Labute approximate surface area is 171 Å². The Morgan fingerprint density at radius 2 is 1.93 bits per heavy atom. The minimum atomic E-state index is 0.0868. The van der Waals surface area contributed by atoms with Gasteiger partial charge in [0.25, 0.3) is 0 Å². The zero-order valence-electron chi connectivity index (χ0n) is 16.7. The van der Waals surface area contributed by atoms with Gasteiger partial charge in [-0.05, 0) is 64.9 Å². The summed E-state index contributed by atoms with van der Waals surface area (Å²) in [4.78, 5) is 12.0. The van der Waals surface area contributed by atoms with Crippen LogP contribution in [0.2, 0.25) is 0 Å². The first kappa shape index (κ1) is 18.0. The molecular formula is C26H26N2O. The fourth-order valence-corrected chi connectivity index (χ4v) is 4.85. The zero-order valence-corrected chi connectivity index (χ0v) is 16.7. The smallest absolute Gasteiger partial charge is 0.224 e. The van der Waals surface area contributed by atoms with Crippen LogP contribution in [0.15, 0.2) is 72.8 Å². The molecular weight excluding hydrogens is 356 g/mol. The molecule has 0 fully saturated rings. The minimum Gasteiger partial charge on any atom is -0.378 e. The van der Waals surface area contributed by atoms with Gasteiger partial charge in [0.1, 0.15) is 0 Å². The molecule has 0 radical (unpaired) electrons. The number of benzene rings is 3. The first-order chi connectivity index (χ1) is 14.2. The van der Waals surface area contributed by atoms with Crippen LogP contribution in [0.4, 0.5) is 11.4 Å². The number of nitrogens with one attached hydrogen (secondary N) is 2. The summed E-state index contributed by atoms with van der Waals surface area (Å²) in [5.41, 5.74) is 4.69. The number of hydrogen-bond acceptors (Lipinski definition) is 2. The Hall–Kier alpha value is -3.07. The van der Waals surface area contributed by atoms with E-state index in [1.165, 1.54) is 27.6 Å². The van der Waals surface area contributed by atoms with E-state index in [0.717, 1.165) is 18.5 Å². The largest absolute Gasteiger partial charge is 0.378 e. The van der Waals surface area contributed by atoms with Crippen LogP contribution >= 0.6 is 0 Å². The molecule has 0 spiro atoms. The lowest BCUT2D eigenvalue weighted by atomic mass is 9.76. The van der Waals surface area contributed by atoms with Gasteiger partial charge in [0.05, 0.1) is 6.04 Å². The molecule has 1 aliphatic carbocycles. The molecule has 1 heterocycles. The first-order valence-corrected chi connectivity index (χ1v) is 10.6. The van der Waals surface area contributed by atoms with Gasteiger partial charge >= 0.3 is 0 Å².